The van der Waals surface area contributed by atoms with Crippen molar-refractivity contribution < 1.29 is 0 Å². The van der Waals surface area contributed by atoms with Crippen molar-refractivity contribution in [2.75, 3.05) is 0 Å². The van der Waals surface area contributed by atoms with Gasteiger partial charge in [0, 0.05) is 48.3 Å². The summed E-state index contributed by atoms with van der Waals surface area (Å²) in [6.45, 7) is 0. The molecule has 0 atom stereocenters. The monoisotopic (exact) mass is 585 g/mol. The summed E-state index contributed by atoms with van der Waals surface area (Å²) in [6, 6.07) is 46.2. The van der Waals surface area contributed by atoms with Crippen molar-refractivity contribution in [3.8, 4) is 55.6 Å². The molecule has 0 amide bonds. The molecule has 0 saturated heterocycles. The van der Waals surface area contributed by atoms with Crippen molar-refractivity contribution in [1.29, 1.82) is 0 Å². The smallest absolute Gasteiger partial charge is 0.0346 e. The number of hydrogen-bond donors (Lipinski definition) is 0. The van der Waals surface area contributed by atoms with Gasteiger partial charge in [-0.1, -0.05) is 78.9 Å². The summed E-state index contributed by atoms with van der Waals surface area (Å²) in [4.78, 5) is 13.0. The number of pyridine rings is 3. The molecule has 0 saturated carbocycles. The van der Waals surface area contributed by atoms with Crippen molar-refractivity contribution in [1.82, 2.24) is 15.0 Å². The normalized spacial score (nSPS) is 11.5. The number of aromatic nitrogens is 3. The van der Waals surface area contributed by atoms with Crippen LogP contribution in [0.3, 0.4) is 0 Å². The summed E-state index contributed by atoms with van der Waals surface area (Å²) in [5.74, 6) is 0. The van der Waals surface area contributed by atoms with Gasteiger partial charge in [-0.15, -0.1) is 0 Å². The van der Waals surface area contributed by atoms with Crippen LogP contribution in [0.25, 0.3) is 88.0 Å². The van der Waals surface area contributed by atoms with Crippen LogP contribution in [-0.2, 0) is 0 Å². The molecule has 0 N–H and O–H groups in total. The van der Waals surface area contributed by atoms with Crippen LogP contribution in [0.2, 0.25) is 0 Å². The molecule has 9 rings (SSSR count). The topological polar surface area (TPSA) is 38.7 Å². The molecule has 46 heavy (non-hydrogen) atoms. The van der Waals surface area contributed by atoms with Crippen molar-refractivity contribution in [3.63, 3.8) is 0 Å². The Morgan fingerprint density at radius 2 is 0.783 bits per heavy atom. The maximum absolute atomic E-state index is 4.39. The van der Waals surface area contributed by atoms with E-state index in [0.717, 1.165) is 27.8 Å². The van der Waals surface area contributed by atoms with E-state index in [0.29, 0.717) is 0 Å². The van der Waals surface area contributed by atoms with E-state index in [1.165, 1.54) is 60.1 Å². The molecule has 3 heterocycles. The van der Waals surface area contributed by atoms with Crippen LogP contribution in [0.1, 0.15) is 0 Å². The van der Waals surface area contributed by atoms with Gasteiger partial charge in [-0.3, -0.25) is 15.0 Å². The second-order valence-corrected chi connectivity index (χ2v) is 11.7. The third-order valence-electron chi connectivity index (χ3n) is 9.09. The molecule has 0 aliphatic carbocycles. The maximum Gasteiger partial charge on any atom is 0.0346 e. The zero-order valence-corrected chi connectivity index (χ0v) is 24.9. The molecule has 0 aliphatic heterocycles. The SMILES string of the molecule is c1cncc(-c2cc(-c3cccnc3)cc(-c3cccc(-c4ccc5ccc6c(-c7ccncc7)ccc7ccc4c5c76)c3)c2)c1. The minimum absolute atomic E-state index is 1.09. The average Bonchev–Trinajstić information content (AvgIpc) is 3.14. The quantitative estimate of drug-likeness (QED) is 0.189. The van der Waals surface area contributed by atoms with Gasteiger partial charge >= 0.3 is 0 Å². The van der Waals surface area contributed by atoms with Gasteiger partial charge in [-0.2, -0.15) is 0 Å². The minimum Gasteiger partial charge on any atom is -0.265 e. The Labute approximate surface area is 266 Å². The summed E-state index contributed by atoms with van der Waals surface area (Å²) in [7, 11) is 0. The van der Waals surface area contributed by atoms with Gasteiger partial charge in [-0.25, -0.2) is 0 Å². The predicted octanol–water partition coefficient (Wildman–Crippen LogP) is 11.1. The first-order valence-electron chi connectivity index (χ1n) is 15.5. The first-order chi connectivity index (χ1) is 22.8. The minimum atomic E-state index is 1.09. The fourth-order valence-corrected chi connectivity index (χ4v) is 6.90. The van der Waals surface area contributed by atoms with Gasteiger partial charge in [0.25, 0.3) is 0 Å². The summed E-state index contributed by atoms with van der Waals surface area (Å²) < 4.78 is 0. The van der Waals surface area contributed by atoms with E-state index in [1.807, 2.05) is 49.3 Å². The molecule has 0 unspecified atom stereocenters. The molecule has 0 spiro atoms. The standard InChI is InChI=1S/C43H27N3/c1-4-31(35-23-36(33-6-2-18-45-26-33)25-37(24-35)34-7-3-19-46-27-34)22-32(5-1)39-13-9-30-10-14-40-38(28-16-20-44-21-17-28)12-8-29-11-15-41(39)43(30)42(29)40/h1-27H. The second kappa shape index (κ2) is 10.8. The number of nitrogens with zero attached hydrogens (tertiary/aromatic N) is 3. The molecule has 3 heteroatoms. The van der Waals surface area contributed by atoms with E-state index >= 15 is 0 Å². The predicted molar refractivity (Wildman–Crippen MR) is 191 cm³/mol. The molecule has 9 aromatic rings. The van der Waals surface area contributed by atoms with Gasteiger partial charge < -0.3 is 0 Å². The lowest BCUT2D eigenvalue weighted by Crippen LogP contribution is -1.90. The van der Waals surface area contributed by atoms with Gasteiger partial charge in [0.15, 0.2) is 0 Å². The fourth-order valence-electron chi connectivity index (χ4n) is 6.90. The van der Waals surface area contributed by atoms with E-state index in [9.17, 15) is 0 Å². The van der Waals surface area contributed by atoms with Crippen LogP contribution in [0.15, 0.2) is 165 Å². The highest BCUT2D eigenvalue weighted by molar-refractivity contribution is 6.27. The Bertz CT molecular complexity index is 2450. The van der Waals surface area contributed by atoms with Gasteiger partial charge in [0.1, 0.15) is 0 Å². The van der Waals surface area contributed by atoms with Gasteiger partial charge in [0.05, 0.1) is 0 Å². The zero-order chi connectivity index (χ0) is 30.5. The summed E-state index contributed by atoms with van der Waals surface area (Å²) in [5, 5.41) is 7.67. The van der Waals surface area contributed by atoms with Crippen LogP contribution < -0.4 is 0 Å². The Morgan fingerprint density at radius 3 is 1.35 bits per heavy atom. The van der Waals surface area contributed by atoms with Gasteiger partial charge in [-0.05, 0) is 125 Å². The summed E-state index contributed by atoms with van der Waals surface area (Å²) >= 11 is 0. The van der Waals surface area contributed by atoms with E-state index < -0.39 is 0 Å². The first kappa shape index (κ1) is 26.2. The van der Waals surface area contributed by atoms with Crippen molar-refractivity contribution in [3.05, 3.63) is 165 Å². The maximum atomic E-state index is 4.39. The Hall–Kier alpha value is -6.19. The second-order valence-electron chi connectivity index (χ2n) is 11.7. The van der Waals surface area contributed by atoms with Crippen molar-refractivity contribution >= 4 is 32.3 Å². The van der Waals surface area contributed by atoms with E-state index in [2.05, 4.69) is 130 Å². The number of rotatable bonds is 5. The third kappa shape index (κ3) is 4.41. The molecular weight excluding hydrogens is 558 g/mol. The fraction of sp³-hybridized carbons (Fsp3) is 0. The van der Waals surface area contributed by atoms with Crippen LogP contribution >= 0.6 is 0 Å². The highest BCUT2D eigenvalue weighted by Gasteiger charge is 2.16. The molecule has 0 bridgehead atoms. The molecule has 6 aromatic carbocycles. The number of hydrogen-bond acceptors (Lipinski definition) is 3. The summed E-state index contributed by atoms with van der Waals surface area (Å²) in [5.41, 5.74) is 11.6. The Balaban J connectivity index is 1.22. The zero-order valence-electron chi connectivity index (χ0n) is 24.9. The van der Waals surface area contributed by atoms with E-state index in [-0.39, 0.29) is 0 Å². The number of benzene rings is 6. The van der Waals surface area contributed by atoms with Gasteiger partial charge in [0.2, 0.25) is 0 Å². The van der Waals surface area contributed by atoms with Crippen LogP contribution in [-0.4, -0.2) is 15.0 Å². The van der Waals surface area contributed by atoms with Crippen LogP contribution in [0.5, 0.6) is 0 Å². The Kier molecular flexibility index (Phi) is 6.14. The van der Waals surface area contributed by atoms with E-state index in [4.69, 9.17) is 0 Å². The molecular formula is C43H27N3. The van der Waals surface area contributed by atoms with E-state index in [1.54, 1.807) is 0 Å². The molecule has 214 valence electrons. The lowest BCUT2D eigenvalue weighted by atomic mass is 9.87. The summed E-state index contributed by atoms with van der Waals surface area (Å²) in [6.07, 6.45) is 11.2. The average molecular weight is 586 g/mol. The highest BCUT2D eigenvalue weighted by atomic mass is 14.6. The first-order valence-corrected chi connectivity index (χ1v) is 15.5. The molecule has 0 radical (unpaired) electrons. The molecule has 3 nitrogen and oxygen atoms in total. The molecule has 0 aliphatic rings. The third-order valence-corrected chi connectivity index (χ3v) is 9.09. The molecule has 3 aromatic heterocycles. The van der Waals surface area contributed by atoms with Crippen molar-refractivity contribution in [2.24, 2.45) is 0 Å². The van der Waals surface area contributed by atoms with Crippen LogP contribution in [0, 0.1) is 0 Å². The largest absolute Gasteiger partial charge is 0.265 e. The lowest BCUT2D eigenvalue weighted by molar-refractivity contribution is 1.32. The highest BCUT2D eigenvalue weighted by Crippen LogP contribution is 2.43. The lowest BCUT2D eigenvalue weighted by Gasteiger charge is -2.17. The molecule has 0 fully saturated rings. The van der Waals surface area contributed by atoms with Crippen molar-refractivity contribution in [2.45, 2.75) is 0 Å². The van der Waals surface area contributed by atoms with Crippen LogP contribution in [0.4, 0.5) is 0 Å². The Morgan fingerprint density at radius 1 is 0.304 bits per heavy atom.